The van der Waals surface area contributed by atoms with Crippen molar-refractivity contribution in [3.05, 3.63) is 0 Å². The van der Waals surface area contributed by atoms with Crippen LogP contribution in [0.2, 0.25) is 0 Å². The van der Waals surface area contributed by atoms with Gasteiger partial charge in [-0.1, -0.05) is 13.8 Å². The lowest BCUT2D eigenvalue weighted by molar-refractivity contribution is -0.130. The van der Waals surface area contributed by atoms with E-state index >= 15 is 0 Å². The Morgan fingerprint density at radius 3 is 2.40 bits per heavy atom. The monoisotopic (exact) mass is 237 g/mol. The first-order valence-electron chi connectivity index (χ1n) is 5.00. The van der Waals surface area contributed by atoms with Crippen molar-refractivity contribution >= 4 is 18.3 Å². The number of hydrazine groups is 1. The number of carbonyl (C=O) groups is 1. The lowest BCUT2D eigenvalue weighted by atomic mass is 10.1. The Kier molecular flexibility index (Phi) is 6.84. The molecule has 0 saturated carbocycles. The zero-order valence-corrected chi connectivity index (χ0v) is 10.0. The van der Waals surface area contributed by atoms with E-state index in [2.05, 4.69) is 5.43 Å². The Balaban J connectivity index is 0.00000196. The molecule has 1 aliphatic heterocycles. The Morgan fingerprint density at radius 2 is 1.93 bits per heavy atom. The van der Waals surface area contributed by atoms with E-state index in [0.29, 0.717) is 13.2 Å². The van der Waals surface area contributed by atoms with Crippen LogP contribution in [-0.2, 0) is 9.53 Å². The van der Waals surface area contributed by atoms with E-state index in [-0.39, 0.29) is 24.2 Å². The summed E-state index contributed by atoms with van der Waals surface area (Å²) in [7, 11) is 0. The largest absolute Gasteiger partial charge is 0.379 e. The summed E-state index contributed by atoms with van der Waals surface area (Å²) in [6.45, 7) is 6.66. The Hall–Kier alpha value is -0.360. The molecule has 0 aromatic rings. The van der Waals surface area contributed by atoms with Gasteiger partial charge in [0.1, 0.15) is 0 Å². The molecule has 6 heteroatoms. The third-order valence-electron chi connectivity index (χ3n) is 2.30. The van der Waals surface area contributed by atoms with Crippen LogP contribution in [0.1, 0.15) is 13.8 Å². The summed E-state index contributed by atoms with van der Waals surface area (Å²) in [5, 5.41) is 1.86. The number of nitrogens with one attached hydrogen (secondary N) is 1. The highest BCUT2D eigenvalue weighted by Crippen LogP contribution is 1.99. The predicted octanol–water partition coefficient (Wildman–Crippen LogP) is -0.245. The zero-order valence-electron chi connectivity index (χ0n) is 9.23. The molecule has 0 spiro atoms. The third-order valence-corrected chi connectivity index (χ3v) is 2.30. The fourth-order valence-electron chi connectivity index (χ4n) is 1.21. The van der Waals surface area contributed by atoms with Crippen LogP contribution in [0.4, 0.5) is 0 Å². The van der Waals surface area contributed by atoms with Gasteiger partial charge in [-0.25, -0.2) is 5.01 Å². The highest BCUT2D eigenvalue weighted by molar-refractivity contribution is 5.85. The lowest BCUT2D eigenvalue weighted by Gasteiger charge is -2.28. The van der Waals surface area contributed by atoms with Gasteiger partial charge in [-0.15, -0.1) is 12.4 Å². The van der Waals surface area contributed by atoms with Crippen LogP contribution < -0.4 is 11.2 Å². The Labute approximate surface area is 96.7 Å². The SMILES string of the molecule is CC(C)C(N)C(=O)NN1CCOCC1.Cl. The van der Waals surface area contributed by atoms with Crippen molar-refractivity contribution in [1.82, 2.24) is 10.4 Å². The van der Waals surface area contributed by atoms with Crippen LogP contribution in [0, 0.1) is 5.92 Å². The molecule has 1 atom stereocenters. The molecule has 0 radical (unpaired) electrons. The number of nitrogens with zero attached hydrogens (tertiary/aromatic N) is 1. The van der Waals surface area contributed by atoms with Crippen molar-refractivity contribution in [3.63, 3.8) is 0 Å². The molecule has 1 aliphatic rings. The highest BCUT2D eigenvalue weighted by Gasteiger charge is 2.20. The second kappa shape index (κ2) is 7.00. The van der Waals surface area contributed by atoms with Crippen LogP contribution >= 0.6 is 12.4 Å². The van der Waals surface area contributed by atoms with Gasteiger partial charge in [0.15, 0.2) is 0 Å². The van der Waals surface area contributed by atoms with E-state index in [9.17, 15) is 4.79 Å². The van der Waals surface area contributed by atoms with E-state index in [1.165, 1.54) is 0 Å². The molecular formula is C9H20ClN3O2. The molecular weight excluding hydrogens is 218 g/mol. The summed E-state index contributed by atoms with van der Waals surface area (Å²) in [6.07, 6.45) is 0. The summed E-state index contributed by atoms with van der Waals surface area (Å²) in [6, 6.07) is -0.433. The average Bonchev–Trinajstić information content (AvgIpc) is 2.18. The van der Waals surface area contributed by atoms with Gasteiger partial charge >= 0.3 is 0 Å². The van der Waals surface area contributed by atoms with E-state index in [1.807, 2.05) is 18.9 Å². The number of hydrogen-bond acceptors (Lipinski definition) is 4. The van der Waals surface area contributed by atoms with Crippen molar-refractivity contribution in [3.8, 4) is 0 Å². The average molecular weight is 238 g/mol. The maximum atomic E-state index is 11.5. The minimum atomic E-state index is -0.433. The van der Waals surface area contributed by atoms with Gasteiger partial charge in [0.25, 0.3) is 5.91 Å². The van der Waals surface area contributed by atoms with Crippen molar-refractivity contribution in [1.29, 1.82) is 0 Å². The van der Waals surface area contributed by atoms with Crippen LogP contribution in [-0.4, -0.2) is 43.3 Å². The normalized spacial score (nSPS) is 19.5. The highest BCUT2D eigenvalue weighted by atomic mass is 35.5. The summed E-state index contributed by atoms with van der Waals surface area (Å²) in [5.74, 6) is 0.0536. The molecule has 1 rings (SSSR count). The van der Waals surface area contributed by atoms with Crippen molar-refractivity contribution in [2.75, 3.05) is 26.3 Å². The van der Waals surface area contributed by atoms with Gasteiger partial charge in [0.05, 0.1) is 19.3 Å². The molecule has 5 nitrogen and oxygen atoms in total. The molecule has 0 aromatic carbocycles. The van der Waals surface area contributed by atoms with Crippen LogP contribution in [0.5, 0.6) is 0 Å². The molecule has 0 bridgehead atoms. The molecule has 15 heavy (non-hydrogen) atoms. The van der Waals surface area contributed by atoms with Gasteiger partial charge in [-0.05, 0) is 5.92 Å². The molecule has 90 valence electrons. The fourth-order valence-corrected chi connectivity index (χ4v) is 1.21. The standard InChI is InChI=1S/C9H19N3O2.ClH/c1-7(2)8(10)9(13)11-12-3-5-14-6-4-12;/h7-8H,3-6,10H2,1-2H3,(H,11,13);1H. The van der Waals surface area contributed by atoms with E-state index < -0.39 is 6.04 Å². The number of amides is 1. The first-order valence-corrected chi connectivity index (χ1v) is 5.00. The van der Waals surface area contributed by atoms with Gasteiger partial charge in [0.2, 0.25) is 0 Å². The number of nitrogens with two attached hydrogens (primary N) is 1. The van der Waals surface area contributed by atoms with Crippen LogP contribution in [0.25, 0.3) is 0 Å². The number of halogens is 1. The van der Waals surface area contributed by atoms with E-state index in [1.54, 1.807) is 0 Å². The van der Waals surface area contributed by atoms with Gasteiger partial charge in [-0.3, -0.25) is 10.2 Å². The van der Waals surface area contributed by atoms with Gasteiger partial charge in [0, 0.05) is 13.1 Å². The first kappa shape index (κ1) is 14.6. The molecule has 0 aromatic heterocycles. The Bertz CT molecular complexity index is 196. The van der Waals surface area contributed by atoms with E-state index in [4.69, 9.17) is 10.5 Å². The molecule has 1 heterocycles. The summed E-state index contributed by atoms with van der Waals surface area (Å²) >= 11 is 0. The lowest BCUT2D eigenvalue weighted by Crippen LogP contribution is -2.54. The summed E-state index contributed by atoms with van der Waals surface area (Å²) < 4.78 is 5.16. The second-order valence-corrected chi connectivity index (χ2v) is 3.85. The number of hydrogen-bond donors (Lipinski definition) is 2. The minimum absolute atomic E-state index is 0. The van der Waals surface area contributed by atoms with Crippen molar-refractivity contribution in [2.24, 2.45) is 11.7 Å². The number of ether oxygens (including phenoxy) is 1. The first-order chi connectivity index (χ1) is 6.61. The number of morpholine rings is 1. The molecule has 1 fully saturated rings. The number of rotatable bonds is 3. The topological polar surface area (TPSA) is 67.6 Å². The maximum absolute atomic E-state index is 11.5. The number of carbonyl (C=O) groups excluding carboxylic acids is 1. The molecule has 1 amide bonds. The molecule has 1 saturated heterocycles. The molecule has 0 aliphatic carbocycles. The zero-order chi connectivity index (χ0) is 10.6. The van der Waals surface area contributed by atoms with Gasteiger partial charge in [-0.2, -0.15) is 0 Å². The minimum Gasteiger partial charge on any atom is -0.379 e. The summed E-state index contributed by atoms with van der Waals surface area (Å²) in [5.41, 5.74) is 8.50. The van der Waals surface area contributed by atoms with Crippen LogP contribution in [0.15, 0.2) is 0 Å². The predicted molar refractivity (Wildman–Crippen MR) is 60.6 cm³/mol. The molecule has 3 N–H and O–H groups in total. The van der Waals surface area contributed by atoms with Crippen molar-refractivity contribution in [2.45, 2.75) is 19.9 Å². The second-order valence-electron chi connectivity index (χ2n) is 3.85. The van der Waals surface area contributed by atoms with Crippen molar-refractivity contribution < 1.29 is 9.53 Å². The Morgan fingerprint density at radius 1 is 1.40 bits per heavy atom. The third kappa shape index (κ3) is 4.79. The summed E-state index contributed by atoms with van der Waals surface area (Å²) in [4.78, 5) is 11.5. The molecule has 1 unspecified atom stereocenters. The van der Waals surface area contributed by atoms with Crippen LogP contribution in [0.3, 0.4) is 0 Å². The quantitative estimate of drug-likeness (QED) is 0.711. The fraction of sp³-hybridized carbons (Fsp3) is 0.889. The van der Waals surface area contributed by atoms with E-state index in [0.717, 1.165) is 13.1 Å². The maximum Gasteiger partial charge on any atom is 0.251 e. The van der Waals surface area contributed by atoms with Gasteiger partial charge < -0.3 is 10.5 Å². The smallest absolute Gasteiger partial charge is 0.251 e.